The van der Waals surface area contributed by atoms with Crippen LogP contribution in [0.5, 0.6) is 0 Å². The van der Waals surface area contributed by atoms with Crippen LogP contribution >= 0.6 is 0 Å². The van der Waals surface area contributed by atoms with Crippen LogP contribution in [0.3, 0.4) is 0 Å². The molecule has 0 aromatic carbocycles. The molecule has 0 aliphatic carbocycles. The lowest BCUT2D eigenvalue weighted by Crippen LogP contribution is -2.20. The second-order valence-corrected chi connectivity index (χ2v) is 4.99. The third kappa shape index (κ3) is 2.61. The van der Waals surface area contributed by atoms with Gasteiger partial charge in [-0.15, -0.1) is 0 Å². The molecule has 0 radical (unpaired) electrons. The maximum absolute atomic E-state index is 4.35. The highest BCUT2D eigenvalue weighted by atomic mass is 15.2. The van der Waals surface area contributed by atoms with E-state index < -0.39 is 0 Å². The third-order valence-corrected chi connectivity index (χ3v) is 3.76. The molecule has 5 nitrogen and oxygen atoms in total. The Bertz CT molecular complexity index is 522. The number of aromatic nitrogens is 3. The summed E-state index contributed by atoms with van der Waals surface area (Å²) in [7, 11) is 1.92. The largest absolute Gasteiger partial charge is 0.373 e. The van der Waals surface area contributed by atoms with Gasteiger partial charge in [-0.1, -0.05) is 6.07 Å². The van der Waals surface area contributed by atoms with Crippen molar-refractivity contribution >= 4 is 5.82 Å². The van der Waals surface area contributed by atoms with Crippen molar-refractivity contribution in [2.75, 3.05) is 25.5 Å². The standard InChI is InChI=1S/C14H19N5/c1-15-14-12(3-2-6-16-14)10-19-8-5-11(9-19)13-4-7-17-18-13/h2-4,6-7,11H,5,8-10H2,1H3,(H,15,16)(H,17,18). The van der Waals surface area contributed by atoms with E-state index in [1.54, 1.807) is 0 Å². The molecule has 19 heavy (non-hydrogen) atoms. The van der Waals surface area contributed by atoms with Gasteiger partial charge >= 0.3 is 0 Å². The molecule has 2 aromatic heterocycles. The molecule has 0 amide bonds. The summed E-state index contributed by atoms with van der Waals surface area (Å²) in [6, 6.07) is 6.22. The summed E-state index contributed by atoms with van der Waals surface area (Å²) in [6.45, 7) is 3.16. The van der Waals surface area contributed by atoms with Crippen LogP contribution < -0.4 is 5.32 Å². The number of nitrogens with one attached hydrogen (secondary N) is 2. The molecule has 1 unspecified atom stereocenters. The van der Waals surface area contributed by atoms with Gasteiger partial charge in [0.05, 0.1) is 0 Å². The van der Waals surface area contributed by atoms with Crippen molar-refractivity contribution < 1.29 is 0 Å². The highest BCUT2D eigenvalue weighted by molar-refractivity contribution is 5.42. The minimum absolute atomic E-state index is 0.581. The van der Waals surface area contributed by atoms with Gasteiger partial charge < -0.3 is 5.32 Å². The Kier molecular flexibility index (Phi) is 3.46. The number of hydrogen-bond acceptors (Lipinski definition) is 4. The van der Waals surface area contributed by atoms with Gasteiger partial charge in [0.1, 0.15) is 5.82 Å². The summed E-state index contributed by atoms with van der Waals surface area (Å²) >= 11 is 0. The van der Waals surface area contributed by atoms with Gasteiger partial charge in [0.15, 0.2) is 0 Å². The number of aromatic amines is 1. The molecule has 0 bridgehead atoms. The van der Waals surface area contributed by atoms with E-state index in [2.05, 4.69) is 37.5 Å². The second kappa shape index (κ2) is 5.40. The fourth-order valence-electron chi connectivity index (χ4n) is 2.76. The van der Waals surface area contributed by atoms with Gasteiger partial charge in [-0.2, -0.15) is 5.10 Å². The van der Waals surface area contributed by atoms with Crippen molar-refractivity contribution in [1.82, 2.24) is 20.1 Å². The van der Waals surface area contributed by atoms with Crippen LogP contribution in [0, 0.1) is 0 Å². The Morgan fingerprint density at radius 3 is 3.16 bits per heavy atom. The van der Waals surface area contributed by atoms with E-state index in [0.29, 0.717) is 5.92 Å². The summed E-state index contributed by atoms with van der Waals surface area (Å²) < 4.78 is 0. The summed E-state index contributed by atoms with van der Waals surface area (Å²) in [4.78, 5) is 6.83. The molecule has 2 aromatic rings. The summed E-state index contributed by atoms with van der Waals surface area (Å²) in [5.74, 6) is 1.56. The van der Waals surface area contributed by atoms with Gasteiger partial charge in [0.25, 0.3) is 0 Å². The first-order chi connectivity index (χ1) is 9.36. The molecule has 1 aliphatic rings. The van der Waals surface area contributed by atoms with Gasteiger partial charge in [0.2, 0.25) is 0 Å². The van der Waals surface area contributed by atoms with E-state index in [1.807, 2.05) is 25.5 Å². The summed E-state index contributed by atoms with van der Waals surface area (Å²) in [5.41, 5.74) is 2.51. The summed E-state index contributed by atoms with van der Waals surface area (Å²) in [5, 5.41) is 10.3. The Morgan fingerprint density at radius 1 is 1.42 bits per heavy atom. The van der Waals surface area contributed by atoms with E-state index in [0.717, 1.165) is 25.5 Å². The highest BCUT2D eigenvalue weighted by Crippen LogP contribution is 2.27. The molecular formula is C14H19N5. The van der Waals surface area contributed by atoms with Crippen molar-refractivity contribution in [3.8, 4) is 0 Å². The number of rotatable bonds is 4. The Hall–Kier alpha value is -1.88. The minimum atomic E-state index is 0.581. The van der Waals surface area contributed by atoms with Crippen LogP contribution in [0.15, 0.2) is 30.6 Å². The Morgan fingerprint density at radius 2 is 2.37 bits per heavy atom. The van der Waals surface area contributed by atoms with Gasteiger partial charge in [-0.3, -0.25) is 10.00 Å². The van der Waals surface area contributed by atoms with Gasteiger partial charge in [0, 0.05) is 49.7 Å². The zero-order chi connectivity index (χ0) is 13.1. The molecule has 2 N–H and O–H groups in total. The van der Waals surface area contributed by atoms with E-state index >= 15 is 0 Å². The normalized spacial score (nSPS) is 19.7. The molecule has 0 spiro atoms. The monoisotopic (exact) mass is 257 g/mol. The summed E-state index contributed by atoms with van der Waals surface area (Å²) in [6.07, 6.45) is 4.85. The Balaban J connectivity index is 1.66. The average Bonchev–Trinajstić information content (AvgIpc) is 3.09. The van der Waals surface area contributed by atoms with Crippen LogP contribution in [0.4, 0.5) is 5.82 Å². The molecule has 5 heteroatoms. The molecular weight excluding hydrogens is 238 g/mol. The van der Waals surface area contributed by atoms with E-state index in [1.165, 1.54) is 17.7 Å². The second-order valence-electron chi connectivity index (χ2n) is 4.99. The van der Waals surface area contributed by atoms with Crippen LogP contribution in [0.2, 0.25) is 0 Å². The minimum Gasteiger partial charge on any atom is -0.373 e. The number of anilines is 1. The van der Waals surface area contributed by atoms with Crippen LogP contribution in [-0.2, 0) is 6.54 Å². The highest BCUT2D eigenvalue weighted by Gasteiger charge is 2.25. The van der Waals surface area contributed by atoms with E-state index in [9.17, 15) is 0 Å². The average molecular weight is 257 g/mol. The number of hydrogen-bond donors (Lipinski definition) is 2. The molecule has 0 saturated carbocycles. The molecule has 3 heterocycles. The lowest BCUT2D eigenvalue weighted by Gasteiger charge is -2.17. The third-order valence-electron chi connectivity index (χ3n) is 3.76. The van der Waals surface area contributed by atoms with E-state index in [-0.39, 0.29) is 0 Å². The fraction of sp³-hybridized carbons (Fsp3) is 0.429. The van der Waals surface area contributed by atoms with Crippen molar-refractivity contribution in [3.05, 3.63) is 41.9 Å². The molecule has 1 atom stereocenters. The van der Waals surface area contributed by atoms with Gasteiger partial charge in [-0.05, 0) is 25.1 Å². The number of nitrogens with zero attached hydrogens (tertiary/aromatic N) is 3. The quantitative estimate of drug-likeness (QED) is 0.877. The van der Waals surface area contributed by atoms with Crippen LogP contribution in [-0.4, -0.2) is 40.2 Å². The van der Waals surface area contributed by atoms with Crippen molar-refractivity contribution in [3.63, 3.8) is 0 Å². The topological polar surface area (TPSA) is 56.8 Å². The molecule has 1 fully saturated rings. The smallest absolute Gasteiger partial charge is 0.130 e. The van der Waals surface area contributed by atoms with Crippen molar-refractivity contribution in [1.29, 1.82) is 0 Å². The molecule has 100 valence electrons. The zero-order valence-corrected chi connectivity index (χ0v) is 11.1. The van der Waals surface area contributed by atoms with Gasteiger partial charge in [-0.25, -0.2) is 4.98 Å². The van der Waals surface area contributed by atoms with E-state index in [4.69, 9.17) is 0 Å². The first-order valence-corrected chi connectivity index (χ1v) is 6.70. The maximum atomic E-state index is 4.35. The predicted molar refractivity (Wildman–Crippen MR) is 75.0 cm³/mol. The first kappa shape index (κ1) is 12.2. The lowest BCUT2D eigenvalue weighted by atomic mass is 10.1. The van der Waals surface area contributed by atoms with Crippen molar-refractivity contribution in [2.24, 2.45) is 0 Å². The van der Waals surface area contributed by atoms with Crippen LogP contribution in [0.1, 0.15) is 23.6 Å². The molecule has 1 aliphatic heterocycles. The molecule has 3 rings (SSSR count). The lowest BCUT2D eigenvalue weighted by molar-refractivity contribution is 0.326. The van der Waals surface area contributed by atoms with Crippen molar-refractivity contribution in [2.45, 2.75) is 18.9 Å². The number of likely N-dealkylation sites (tertiary alicyclic amines) is 1. The number of pyridine rings is 1. The number of H-pyrrole nitrogens is 1. The maximum Gasteiger partial charge on any atom is 0.130 e. The first-order valence-electron chi connectivity index (χ1n) is 6.70. The predicted octanol–water partition coefficient (Wildman–Crippen LogP) is 1.84. The fourth-order valence-corrected chi connectivity index (χ4v) is 2.76. The van der Waals surface area contributed by atoms with Crippen LogP contribution in [0.25, 0.3) is 0 Å². The molecule has 1 saturated heterocycles. The Labute approximate surface area is 113 Å². The SMILES string of the molecule is CNc1ncccc1CN1CCC(c2ccn[nH]2)C1. The zero-order valence-electron chi connectivity index (χ0n) is 11.1.